The number of carbonyl (C=O) groups is 1. The van der Waals surface area contributed by atoms with Gasteiger partial charge in [0.15, 0.2) is 5.58 Å². The zero-order valence-corrected chi connectivity index (χ0v) is 33.5. The number of ether oxygens (including phenoxy) is 3. The van der Waals surface area contributed by atoms with Crippen LogP contribution in [0.4, 0.5) is 17.6 Å². The second-order valence-electron chi connectivity index (χ2n) is 15.2. The first-order valence-corrected chi connectivity index (χ1v) is 20.0. The van der Waals surface area contributed by atoms with Crippen LogP contribution in [0.3, 0.4) is 0 Å². The van der Waals surface area contributed by atoms with Gasteiger partial charge in [0, 0.05) is 47.5 Å². The lowest BCUT2D eigenvalue weighted by molar-refractivity contribution is -0.142. The monoisotopic (exact) mass is 819 g/mol. The van der Waals surface area contributed by atoms with Crippen molar-refractivity contribution in [2.45, 2.75) is 84.4 Å². The summed E-state index contributed by atoms with van der Waals surface area (Å²) in [5.41, 5.74) is 6.65. The molecule has 2 aliphatic heterocycles. The van der Waals surface area contributed by atoms with Crippen LogP contribution in [0.15, 0.2) is 81.4 Å². The number of benzene rings is 3. The molecule has 59 heavy (non-hydrogen) atoms. The molecule has 15 heteroatoms. The Morgan fingerprint density at radius 1 is 1.00 bits per heavy atom. The van der Waals surface area contributed by atoms with Gasteiger partial charge in [-0.15, -0.1) is 0 Å². The number of aliphatic carboxylic acids is 1. The van der Waals surface area contributed by atoms with Crippen molar-refractivity contribution < 1.29 is 46.1 Å². The minimum absolute atomic E-state index is 0.0955. The molecule has 7 rings (SSSR count). The van der Waals surface area contributed by atoms with Crippen LogP contribution in [0.25, 0.3) is 33.7 Å². The molecule has 0 saturated carbocycles. The molecule has 2 N–H and O–H groups in total. The van der Waals surface area contributed by atoms with Crippen LogP contribution in [-0.2, 0) is 20.8 Å². The number of rotatable bonds is 18. The number of hydrogen-bond acceptors (Lipinski definition) is 10. The average molecular weight is 820 g/mol. The number of fused-ring (bicyclic) bond motifs is 2. The van der Waals surface area contributed by atoms with E-state index in [0.29, 0.717) is 54.0 Å². The van der Waals surface area contributed by atoms with Gasteiger partial charge < -0.3 is 34.0 Å². The molecule has 1 fully saturated rings. The summed E-state index contributed by atoms with van der Waals surface area (Å²) in [5.74, 6) is -0.284. The number of aliphatic imine (C=N–C) groups is 1. The summed E-state index contributed by atoms with van der Waals surface area (Å²) in [6.45, 7) is 3.60. The molecule has 0 spiro atoms. The Labute approximate surface area is 340 Å². The highest BCUT2D eigenvalue weighted by atomic mass is 19.3. The minimum Gasteiger partial charge on any atom is -0.480 e. The maximum atomic E-state index is 13.6. The number of likely N-dealkylation sites (tertiary alicyclic amines) is 1. The quantitative estimate of drug-likeness (QED) is 0.0749. The maximum absolute atomic E-state index is 13.6. The SMILES string of the molecule is CCCNCCCN(C)CC1=CC2N=C(c3cccc(-c4cccc(-c5nc6cc(CN7CCC[C@H]7C(=O)O)c(OC(F)F)cc6o5)c4C)c3C)OC2C=C1OC(F)F. The summed E-state index contributed by atoms with van der Waals surface area (Å²) in [6.07, 6.45) is 5.98. The third kappa shape index (κ3) is 9.47. The summed E-state index contributed by atoms with van der Waals surface area (Å²) < 4.78 is 76.5. The topological polar surface area (TPSA) is 122 Å². The number of oxazole rings is 1. The lowest BCUT2D eigenvalue weighted by atomic mass is 9.91. The fraction of sp³-hybridized carbons (Fsp3) is 0.432. The molecule has 2 unspecified atom stereocenters. The van der Waals surface area contributed by atoms with Crippen LogP contribution in [0.1, 0.15) is 54.9 Å². The van der Waals surface area contributed by atoms with Crippen LogP contribution < -0.4 is 10.1 Å². The van der Waals surface area contributed by atoms with Crippen LogP contribution in [0.2, 0.25) is 0 Å². The normalized spacial score (nSPS) is 19.3. The van der Waals surface area contributed by atoms with Crippen LogP contribution in [-0.4, -0.2) is 103 Å². The number of halogens is 4. The van der Waals surface area contributed by atoms with E-state index >= 15 is 0 Å². The van der Waals surface area contributed by atoms with Gasteiger partial charge in [-0.2, -0.15) is 17.6 Å². The number of carboxylic acids is 1. The minimum atomic E-state index is -3.09. The molecule has 314 valence electrons. The molecule has 4 aromatic rings. The van der Waals surface area contributed by atoms with Crippen molar-refractivity contribution in [1.29, 1.82) is 0 Å². The number of alkyl halides is 4. The molecule has 1 aromatic heterocycles. The highest BCUT2D eigenvalue weighted by Gasteiger charge is 2.36. The van der Waals surface area contributed by atoms with Crippen molar-refractivity contribution in [1.82, 2.24) is 20.1 Å². The molecule has 11 nitrogen and oxygen atoms in total. The summed E-state index contributed by atoms with van der Waals surface area (Å²) in [7, 11) is 1.95. The van der Waals surface area contributed by atoms with Gasteiger partial charge in [-0.1, -0.05) is 31.2 Å². The first-order valence-electron chi connectivity index (χ1n) is 20.0. The van der Waals surface area contributed by atoms with Gasteiger partial charge in [-0.05, 0) is 119 Å². The maximum Gasteiger partial charge on any atom is 0.387 e. The van der Waals surface area contributed by atoms with Gasteiger partial charge in [0.2, 0.25) is 11.8 Å². The molecule has 3 heterocycles. The van der Waals surface area contributed by atoms with E-state index in [4.69, 9.17) is 28.6 Å². The van der Waals surface area contributed by atoms with Crippen molar-refractivity contribution in [2.75, 3.05) is 39.8 Å². The second-order valence-corrected chi connectivity index (χ2v) is 15.2. The standard InChI is InChI=1S/C44H49F4N5O6/c1-5-15-49-16-9-17-52(4)23-27-19-33-38(21-36(27)58-43(45)46)56-40(50-33)31-12-6-10-29(25(31)2)30-11-7-13-32(26(30)3)41-51-34-20-28(24-53-18-8-14-35(53)42(54)55)37(59-44(47)48)22-39(34)57-41/h6-7,10-13,19-22,33,35,38,43-44,49H,5,8-9,14-18,23-24H2,1-4H3,(H,54,55)/t33?,35-,38?/m0/s1. The Bertz CT molecular complexity index is 2260. The van der Waals surface area contributed by atoms with Crippen molar-refractivity contribution >= 4 is 23.0 Å². The molecule has 1 aliphatic carbocycles. The zero-order chi connectivity index (χ0) is 41.8. The van der Waals surface area contributed by atoms with Gasteiger partial charge in [-0.3, -0.25) is 9.69 Å². The molecule has 3 atom stereocenters. The zero-order valence-electron chi connectivity index (χ0n) is 33.5. The summed E-state index contributed by atoms with van der Waals surface area (Å²) >= 11 is 0. The fourth-order valence-corrected chi connectivity index (χ4v) is 8.14. The number of likely N-dealkylation sites (N-methyl/N-ethyl adjacent to an activating group) is 1. The molecule has 0 bridgehead atoms. The summed E-state index contributed by atoms with van der Waals surface area (Å²) in [4.78, 5) is 25.3. The Morgan fingerprint density at radius 2 is 1.71 bits per heavy atom. The largest absolute Gasteiger partial charge is 0.480 e. The Morgan fingerprint density at radius 3 is 2.42 bits per heavy atom. The number of nitrogens with zero attached hydrogens (tertiary/aromatic N) is 4. The van der Waals surface area contributed by atoms with E-state index in [1.807, 2.05) is 63.4 Å². The number of hydrogen-bond donors (Lipinski definition) is 2. The highest BCUT2D eigenvalue weighted by molar-refractivity contribution is 5.99. The summed E-state index contributed by atoms with van der Waals surface area (Å²) in [5, 5.41) is 13.1. The average Bonchev–Trinajstić information content (AvgIpc) is 3.93. The van der Waals surface area contributed by atoms with E-state index in [1.165, 1.54) is 6.07 Å². The van der Waals surface area contributed by atoms with E-state index in [2.05, 4.69) is 17.1 Å². The van der Waals surface area contributed by atoms with Gasteiger partial charge >= 0.3 is 19.2 Å². The van der Waals surface area contributed by atoms with Crippen molar-refractivity contribution in [3.8, 4) is 28.3 Å². The number of aromatic nitrogens is 1. The molecule has 1 saturated heterocycles. The second kappa shape index (κ2) is 18.3. The Hall–Kier alpha value is -5.25. The van der Waals surface area contributed by atoms with Crippen LogP contribution >= 0.6 is 0 Å². The predicted molar refractivity (Wildman–Crippen MR) is 216 cm³/mol. The van der Waals surface area contributed by atoms with Gasteiger partial charge in [0.1, 0.15) is 35.2 Å². The van der Waals surface area contributed by atoms with Crippen molar-refractivity contribution in [2.24, 2.45) is 4.99 Å². The lowest BCUT2D eigenvalue weighted by Gasteiger charge is -2.26. The third-order valence-electron chi connectivity index (χ3n) is 11.1. The number of nitrogens with one attached hydrogen (secondary N) is 1. The van der Waals surface area contributed by atoms with Crippen molar-refractivity contribution in [3.05, 3.63) is 94.3 Å². The van der Waals surface area contributed by atoms with E-state index in [-0.39, 0.29) is 29.5 Å². The van der Waals surface area contributed by atoms with E-state index in [0.717, 1.165) is 60.3 Å². The van der Waals surface area contributed by atoms with Crippen molar-refractivity contribution in [3.63, 3.8) is 0 Å². The molecule has 0 radical (unpaired) electrons. The first-order chi connectivity index (χ1) is 28.4. The fourth-order valence-electron chi connectivity index (χ4n) is 8.14. The molecule has 3 aromatic carbocycles. The van der Waals surface area contributed by atoms with Crippen LogP contribution in [0.5, 0.6) is 5.75 Å². The van der Waals surface area contributed by atoms with E-state index < -0.39 is 37.4 Å². The first kappa shape index (κ1) is 41.9. The van der Waals surface area contributed by atoms with Gasteiger partial charge in [-0.25, -0.2) is 9.98 Å². The van der Waals surface area contributed by atoms with Gasteiger partial charge in [0.05, 0.1) is 0 Å². The molecular weight excluding hydrogens is 771 g/mol. The van der Waals surface area contributed by atoms with E-state index in [9.17, 15) is 27.5 Å². The number of carboxylic acid groups (broad SMARTS) is 1. The summed E-state index contributed by atoms with van der Waals surface area (Å²) in [6, 6.07) is 13.4. The lowest BCUT2D eigenvalue weighted by Crippen LogP contribution is -2.35. The molecule has 3 aliphatic rings. The van der Waals surface area contributed by atoms with Gasteiger partial charge in [0.25, 0.3) is 0 Å². The highest BCUT2D eigenvalue weighted by Crippen LogP contribution is 2.39. The Kier molecular flexibility index (Phi) is 13.0. The Balaban J connectivity index is 1.15. The molecular formula is C44H49F4N5O6. The third-order valence-corrected chi connectivity index (χ3v) is 11.1. The smallest absolute Gasteiger partial charge is 0.387 e. The molecule has 0 amide bonds. The van der Waals surface area contributed by atoms with Crippen LogP contribution in [0, 0.1) is 13.8 Å². The predicted octanol–water partition coefficient (Wildman–Crippen LogP) is 8.33. The van der Waals surface area contributed by atoms with E-state index in [1.54, 1.807) is 17.0 Å².